The Bertz CT molecular complexity index is 383. The summed E-state index contributed by atoms with van der Waals surface area (Å²) in [6.07, 6.45) is 0. The van der Waals surface area contributed by atoms with E-state index in [0.717, 1.165) is 27.7 Å². The van der Waals surface area contributed by atoms with Gasteiger partial charge in [-0.25, -0.2) is 0 Å². The van der Waals surface area contributed by atoms with Crippen molar-refractivity contribution in [3.8, 4) is 0 Å². The second kappa shape index (κ2) is 3.04. The van der Waals surface area contributed by atoms with E-state index in [1.54, 1.807) is 0 Å². The Labute approximate surface area is 82.6 Å². The quantitative estimate of drug-likeness (QED) is 0.675. The molecule has 1 N–H and O–H groups in total. The summed E-state index contributed by atoms with van der Waals surface area (Å²) < 4.78 is 0. The molecule has 2 rings (SSSR count). The number of nitrogens with one attached hydrogen (secondary N) is 1. The van der Waals surface area contributed by atoms with Crippen LogP contribution in [0.25, 0.3) is 0 Å². The second-order valence-electron chi connectivity index (χ2n) is 3.25. The number of hydrogen-bond acceptors (Lipinski definition) is 2. The average Bonchev–Trinajstić information content (AvgIpc) is 2.12. The minimum absolute atomic E-state index is 0.689. The molecule has 0 fully saturated rings. The van der Waals surface area contributed by atoms with E-state index in [2.05, 4.69) is 16.4 Å². The Kier molecular flexibility index (Phi) is 2.00. The predicted molar refractivity (Wildman–Crippen MR) is 56.6 cm³/mol. The van der Waals surface area contributed by atoms with E-state index in [1.165, 1.54) is 0 Å². The van der Waals surface area contributed by atoms with Crippen LogP contribution in [0, 0.1) is 6.92 Å². The summed E-state index contributed by atoms with van der Waals surface area (Å²) in [5, 5.41) is 4.03. The van der Waals surface area contributed by atoms with Gasteiger partial charge in [-0.2, -0.15) is 0 Å². The molecular formula is C10H11ClN2. The van der Waals surface area contributed by atoms with E-state index >= 15 is 0 Å². The summed E-state index contributed by atoms with van der Waals surface area (Å²) in [7, 11) is 0. The molecule has 1 aliphatic rings. The van der Waals surface area contributed by atoms with E-state index in [1.807, 2.05) is 19.9 Å². The van der Waals surface area contributed by atoms with Gasteiger partial charge in [-0.05, 0) is 25.5 Å². The maximum absolute atomic E-state index is 6.15. The van der Waals surface area contributed by atoms with Crippen molar-refractivity contribution in [3.05, 3.63) is 28.3 Å². The molecule has 1 heterocycles. The minimum Gasteiger partial charge on any atom is -0.344 e. The van der Waals surface area contributed by atoms with Crippen LogP contribution in [0.5, 0.6) is 0 Å². The number of amidine groups is 1. The maximum atomic E-state index is 6.15. The topological polar surface area (TPSA) is 24.4 Å². The summed E-state index contributed by atoms with van der Waals surface area (Å²) in [5.74, 6) is 0.951. The number of halogens is 1. The van der Waals surface area contributed by atoms with Gasteiger partial charge in [0.2, 0.25) is 0 Å². The fourth-order valence-electron chi connectivity index (χ4n) is 1.44. The standard InChI is InChI=1S/C10H11ClN2/c1-6-3-4-9-8(10(6)11)5-12-7(2)13-9/h3-4H,5H2,1-2H3,(H,12,13). The van der Waals surface area contributed by atoms with Crippen LogP contribution in [-0.4, -0.2) is 5.84 Å². The van der Waals surface area contributed by atoms with Crippen molar-refractivity contribution in [1.82, 2.24) is 0 Å². The highest BCUT2D eigenvalue weighted by Gasteiger charge is 2.12. The normalized spacial score (nSPS) is 14.5. The third kappa shape index (κ3) is 1.42. The van der Waals surface area contributed by atoms with E-state index in [9.17, 15) is 0 Å². The Morgan fingerprint density at radius 3 is 2.92 bits per heavy atom. The molecule has 2 nitrogen and oxygen atoms in total. The Morgan fingerprint density at radius 1 is 1.38 bits per heavy atom. The van der Waals surface area contributed by atoms with Crippen LogP contribution < -0.4 is 5.32 Å². The van der Waals surface area contributed by atoms with Gasteiger partial charge < -0.3 is 5.32 Å². The second-order valence-corrected chi connectivity index (χ2v) is 3.63. The van der Waals surface area contributed by atoms with Crippen molar-refractivity contribution < 1.29 is 0 Å². The Hall–Kier alpha value is -1.02. The lowest BCUT2D eigenvalue weighted by Gasteiger charge is -2.18. The number of nitrogens with zero attached hydrogens (tertiary/aromatic N) is 1. The van der Waals surface area contributed by atoms with E-state index < -0.39 is 0 Å². The van der Waals surface area contributed by atoms with Crippen LogP contribution in [0.2, 0.25) is 5.02 Å². The molecule has 68 valence electrons. The van der Waals surface area contributed by atoms with Gasteiger partial charge in [0.25, 0.3) is 0 Å². The molecule has 1 aromatic carbocycles. The predicted octanol–water partition coefficient (Wildman–Crippen LogP) is 2.99. The first-order valence-corrected chi connectivity index (χ1v) is 4.62. The van der Waals surface area contributed by atoms with Crippen LogP contribution in [0.3, 0.4) is 0 Å². The van der Waals surface area contributed by atoms with Crippen LogP contribution >= 0.6 is 11.6 Å². The molecule has 3 heteroatoms. The highest BCUT2D eigenvalue weighted by molar-refractivity contribution is 6.32. The fraction of sp³-hybridized carbons (Fsp3) is 0.300. The van der Waals surface area contributed by atoms with Gasteiger partial charge in [0.05, 0.1) is 17.4 Å². The molecule has 0 aromatic heterocycles. The van der Waals surface area contributed by atoms with Crippen LogP contribution in [0.4, 0.5) is 5.69 Å². The van der Waals surface area contributed by atoms with Gasteiger partial charge in [0.1, 0.15) is 0 Å². The summed E-state index contributed by atoms with van der Waals surface area (Å²) in [6, 6.07) is 4.07. The van der Waals surface area contributed by atoms with Gasteiger partial charge in [-0.3, -0.25) is 4.99 Å². The zero-order valence-electron chi connectivity index (χ0n) is 7.69. The molecule has 0 spiro atoms. The smallest absolute Gasteiger partial charge is 0.0979 e. The van der Waals surface area contributed by atoms with Gasteiger partial charge in [0.15, 0.2) is 0 Å². The lowest BCUT2D eigenvalue weighted by Crippen LogP contribution is -2.14. The highest BCUT2D eigenvalue weighted by atomic mass is 35.5. The molecule has 0 bridgehead atoms. The Morgan fingerprint density at radius 2 is 2.15 bits per heavy atom. The fourth-order valence-corrected chi connectivity index (χ4v) is 1.67. The molecule has 0 aliphatic carbocycles. The number of hydrogen-bond donors (Lipinski definition) is 1. The highest BCUT2D eigenvalue weighted by Crippen LogP contribution is 2.30. The van der Waals surface area contributed by atoms with Crippen molar-refractivity contribution in [3.63, 3.8) is 0 Å². The van der Waals surface area contributed by atoms with Gasteiger partial charge in [0, 0.05) is 11.3 Å². The van der Waals surface area contributed by atoms with Crippen molar-refractivity contribution in [2.45, 2.75) is 20.4 Å². The van der Waals surface area contributed by atoms with Crippen LogP contribution in [0.15, 0.2) is 17.1 Å². The number of aryl methyl sites for hydroxylation is 1. The number of aliphatic imine (C=N–C) groups is 1. The van der Waals surface area contributed by atoms with Gasteiger partial charge >= 0.3 is 0 Å². The molecule has 0 saturated carbocycles. The molecule has 0 radical (unpaired) electrons. The summed E-state index contributed by atoms with van der Waals surface area (Å²) >= 11 is 6.15. The number of benzene rings is 1. The van der Waals surface area contributed by atoms with Crippen LogP contribution in [-0.2, 0) is 6.54 Å². The van der Waals surface area contributed by atoms with Gasteiger partial charge in [-0.1, -0.05) is 17.7 Å². The van der Waals surface area contributed by atoms with E-state index in [4.69, 9.17) is 11.6 Å². The lowest BCUT2D eigenvalue weighted by molar-refractivity contribution is 1.04. The first-order valence-electron chi connectivity index (χ1n) is 4.24. The van der Waals surface area contributed by atoms with Crippen molar-refractivity contribution >= 4 is 23.1 Å². The molecule has 0 atom stereocenters. The molecule has 1 aliphatic heterocycles. The maximum Gasteiger partial charge on any atom is 0.0979 e. The summed E-state index contributed by atoms with van der Waals surface area (Å²) in [6.45, 7) is 4.65. The SMILES string of the molecule is CC1=NCc2c(ccc(C)c2Cl)N1. The van der Waals surface area contributed by atoms with Crippen molar-refractivity contribution in [2.24, 2.45) is 4.99 Å². The number of anilines is 1. The summed E-state index contributed by atoms with van der Waals surface area (Å²) in [4.78, 5) is 4.29. The zero-order valence-corrected chi connectivity index (χ0v) is 8.44. The molecule has 0 amide bonds. The monoisotopic (exact) mass is 194 g/mol. The largest absolute Gasteiger partial charge is 0.344 e. The average molecular weight is 195 g/mol. The third-order valence-electron chi connectivity index (χ3n) is 2.23. The summed E-state index contributed by atoms with van der Waals surface area (Å²) in [5.41, 5.74) is 3.30. The molecular weight excluding hydrogens is 184 g/mol. The van der Waals surface area contributed by atoms with Gasteiger partial charge in [-0.15, -0.1) is 0 Å². The lowest BCUT2D eigenvalue weighted by atomic mass is 10.1. The van der Waals surface area contributed by atoms with Crippen LogP contribution in [0.1, 0.15) is 18.1 Å². The zero-order chi connectivity index (χ0) is 9.42. The minimum atomic E-state index is 0.689. The van der Waals surface area contributed by atoms with E-state index in [0.29, 0.717) is 6.54 Å². The molecule has 0 unspecified atom stereocenters. The number of rotatable bonds is 0. The number of fused-ring (bicyclic) bond motifs is 1. The van der Waals surface area contributed by atoms with Crippen molar-refractivity contribution in [2.75, 3.05) is 5.32 Å². The molecule has 1 aromatic rings. The third-order valence-corrected chi connectivity index (χ3v) is 2.75. The van der Waals surface area contributed by atoms with E-state index in [-0.39, 0.29) is 0 Å². The molecule has 13 heavy (non-hydrogen) atoms. The first-order chi connectivity index (χ1) is 6.18. The van der Waals surface area contributed by atoms with Crippen molar-refractivity contribution in [1.29, 1.82) is 0 Å². The Balaban J connectivity index is 2.53. The first kappa shape index (κ1) is 8.57. The molecule has 0 saturated heterocycles.